The molecule has 130 valence electrons. The van der Waals surface area contributed by atoms with Crippen molar-refractivity contribution < 1.29 is 9.59 Å². The van der Waals surface area contributed by atoms with Gasteiger partial charge < -0.3 is 16.0 Å². The van der Waals surface area contributed by atoms with Crippen LogP contribution in [0, 0.1) is 13.8 Å². The molecule has 0 saturated heterocycles. The molecule has 2 aromatic carbocycles. The van der Waals surface area contributed by atoms with Gasteiger partial charge in [0.05, 0.1) is 17.8 Å². The number of para-hydroxylation sites is 1. The van der Waals surface area contributed by atoms with Gasteiger partial charge in [0, 0.05) is 5.69 Å². The van der Waals surface area contributed by atoms with E-state index < -0.39 is 6.04 Å². The largest absolute Gasteiger partial charge is 0.372 e. The van der Waals surface area contributed by atoms with Crippen LogP contribution in [0.25, 0.3) is 0 Å². The molecule has 0 aliphatic carbocycles. The lowest BCUT2D eigenvalue weighted by Gasteiger charge is -2.27. The van der Waals surface area contributed by atoms with Crippen molar-refractivity contribution in [2.45, 2.75) is 39.7 Å². The first-order valence-corrected chi connectivity index (χ1v) is 8.54. The predicted molar refractivity (Wildman–Crippen MR) is 101 cm³/mol. The highest BCUT2D eigenvalue weighted by atomic mass is 16.2. The molecule has 0 aromatic heterocycles. The Kier molecular flexibility index (Phi) is 4.74. The maximum Gasteiger partial charge on any atom is 0.247 e. The zero-order valence-electron chi connectivity index (χ0n) is 14.8. The van der Waals surface area contributed by atoms with Crippen LogP contribution < -0.4 is 16.0 Å². The number of hydrogen-bond acceptors (Lipinski definition) is 3. The molecule has 5 nitrogen and oxygen atoms in total. The van der Waals surface area contributed by atoms with E-state index in [0.717, 1.165) is 40.2 Å². The van der Waals surface area contributed by atoms with Crippen molar-refractivity contribution in [1.82, 2.24) is 0 Å². The fraction of sp³-hybridized carbons (Fsp3) is 0.300. The van der Waals surface area contributed by atoms with Crippen LogP contribution in [0.2, 0.25) is 0 Å². The van der Waals surface area contributed by atoms with E-state index in [2.05, 4.69) is 16.0 Å². The third kappa shape index (κ3) is 3.65. The van der Waals surface area contributed by atoms with E-state index in [1.165, 1.54) is 0 Å². The second-order valence-electron chi connectivity index (χ2n) is 6.43. The van der Waals surface area contributed by atoms with Crippen LogP contribution in [0.5, 0.6) is 0 Å². The zero-order chi connectivity index (χ0) is 18.0. The summed E-state index contributed by atoms with van der Waals surface area (Å²) in [6.07, 6.45) is 0.918. The Balaban J connectivity index is 1.71. The Morgan fingerprint density at radius 1 is 1.12 bits per heavy atom. The molecule has 2 amide bonds. The summed E-state index contributed by atoms with van der Waals surface area (Å²) in [5.41, 5.74) is 5.76. The van der Waals surface area contributed by atoms with Crippen molar-refractivity contribution in [1.29, 1.82) is 0 Å². The predicted octanol–water partition coefficient (Wildman–Crippen LogP) is 3.63. The highest BCUT2D eigenvalue weighted by molar-refractivity contribution is 6.06. The van der Waals surface area contributed by atoms with Gasteiger partial charge in [-0.2, -0.15) is 0 Å². The van der Waals surface area contributed by atoms with E-state index >= 15 is 0 Å². The number of fused-ring (bicyclic) bond motifs is 1. The maximum absolute atomic E-state index is 12.4. The van der Waals surface area contributed by atoms with E-state index in [0.29, 0.717) is 0 Å². The number of nitrogens with one attached hydrogen (secondary N) is 3. The van der Waals surface area contributed by atoms with Crippen LogP contribution in [-0.2, 0) is 16.0 Å². The highest BCUT2D eigenvalue weighted by Crippen LogP contribution is 2.30. The van der Waals surface area contributed by atoms with Gasteiger partial charge in [-0.3, -0.25) is 9.59 Å². The van der Waals surface area contributed by atoms with Gasteiger partial charge in [0.2, 0.25) is 11.8 Å². The highest BCUT2D eigenvalue weighted by Gasteiger charge is 2.28. The lowest BCUT2D eigenvalue weighted by Crippen LogP contribution is -2.41. The molecule has 0 spiro atoms. The van der Waals surface area contributed by atoms with Gasteiger partial charge in [0.25, 0.3) is 0 Å². The number of hydrogen-bond donors (Lipinski definition) is 3. The molecule has 1 aliphatic rings. The van der Waals surface area contributed by atoms with E-state index in [1.54, 1.807) is 0 Å². The Morgan fingerprint density at radius 3 is 2.52 bits per heavy atom. The second kappa shape index (κ2) is 6.97. The normalized spacial score (nSPS) is 15.8. The summed E-state index contributed by atoms with van der Waals surface area (Å²) in [6, 6.07) is 11.1. The average molecular weight is 337 g/mol. The molecule has 25 heavy (non-hydrogen) atoms. The van der Waals surface area contributed by atoms with Crippen molar-refractivity contribution in [2.75, 3.05) is 16.0 Å². The summed E-state index contributed by atoms with van der Waals surface area (Å²) in [7, 11) is 0. The zero-order valence-corrected chi connectivity index (χ0v) is 14.8. The Morgan fingerprint density at radius 2 is 1.80 bits per heavy atom. The lowest BCUT2D eigenvalue weighted by atomic mass is 10.0. The summed E-state index contributed by atoms with van der Waals surface area (Å²) in [5, 5.41) is 8.99. The Hall–Kier alpha value is -2.82. The molecule has 1 unspecified atom stereocenters. The molecule has 5 heteroatoms. The summed E-state index contributed by atoms with van der Waals surface area (Å²) < 4.78 is 0. The van der Waals surface area contributed by atoms with Gasteiger partial charge in [-0.25, -0.2) is 0 Å². The molecular formula is C20H23N3O2. The van der Waals surface area contributed by atoms with E-state index in [4.69, 9.17) is 0 Å². The van der Waals surface area contributed by atoms with E-state index in [1.807, 2.05) is 57.2 Å². The quantitative estimate of drug-likeness (QED) is 0.798. The fourth-order valence-electron chi connectivity index (χ4n) is 2.99. The second-order valence-corrected chi connectivity index (χ2v) is 6.43. The first-order valence-electron chi connectivity index (χ1n) is 8.54. The lowest BCUT2D eigenvalue weighted by molar-refractivity contribution is -0.122. The standard InChI is InChI=1S/C20H23N3O2/c1-4-14-7-5-6-8-15(14)22-19(24)11-18-20(25)23-17-10-13(3)12(2)9-16(17)21-18/h5-10,18,21H,4,11H2,1-3H3,(H,22,24)(H,23,25). The molecule has 2 aromatic rings. The van der Waals surface area contributed by atoms with Crippen molar-refractivity contribution in [3.63, 3.8) is 0 Å². The summed E-state index contributed by atoms with van der Waals surface area (Å²) in [6.45, 7) is 6.08. The number of carbonyl (C=O) groups excluding carboxylic acids is 2. The number of anilines is 3. The Labute approximate surface area is 147 Å². The molecule has 0 radical (unpaired) electrons. The number of carbonyl (C=O) groups is 2. The number of amides is 2. The van der Waals surface area contributed by atoms with Crippen molar-refractivity contribution in [2.24, 2.45) is 0 Å². The van der Waals surface area contributed by atoms with Gasteiger partial charge in [-0.15, -0.1) is 0 Å². The molecule has 1 heterocycles. The molecule has 0 fully saturated rings. The molecule has 1 aliphatic heterocycles. The number of aryl methyl sites for hydroxylation is 3. The minimum Gasteiger partial charge on any atom is -0.372 e. The van der Waals surface area contributed by atoms with Gasteiger partial charge in [0.15, 0.2) is 0 Å². The maximum atomic E-state index is 12.4. The Bertz CT molecular complexity index is 830. The summed E-state index contributed by atoms with van der Waals surface area (Å²) in [4.78, 5) is 24.7. The first kappa shape index (κ1) is 17.0. The molecule has 3 rings (SSSR count). The first-order chi connectivity index (χ1) is 12.0. The van der Waals surface area contributed by atoms with Crippen LogP contribution >= 0.6 is 0 Å². The van der Waals surface area contributed by atoms with Gasteiger partial charge >= 0.3 is 0 Å². The molecular weight excluding hydrogens is 314 g/mol. The van der Waals surface area contributed by atoms with Gasteiger partial charge in [-0.05, 0) is 55.2 Å². The summed E-state index contributed by atoms with van der Waals surface area (Å²) in [5.74, 6) is -0.365. The molecule has 1 atom stereocenters. The van der Waals surface area contributed by atoms with Crippen LogP contribution in [0.15, 0.2) is 36.4 Å². The van der Waals surface area contributed by atoms with Crippen LogP contribution in [-0.4, -0.2) is 17.9 Å². The van der Waals surface area contributed by atoms with Crippen LogP contribution in [0.3, 0.4) is 0 Å². The topological polar surface area (TPSA) is 70.2 Å². The summed E-state index contributed by atoms with van der Waals surface area (Å²) >= 11 is 0. The van der Waals surface area contributed by atoms with E-state index in [-0.39, 0.29) is 18.2 Å². The molecule has 0 saturated carbocycles. The minimum absolute atomic E-state index is 0.0796. The van der Waals surface area contributed by atoms with Crippen LogP contribution in [0.1, 0.15) is 30.0 Å². The third-order valence-electron chi connectivity index (χ3n) is 4.60. The fourth-order valence-corrected chi connectivity index (χ4v) is 2.99. The van der Waals surface area contributed by atoms with Crippen LogP contribution in [0.4, 0.5) is 17.1 Å². The average Bonchev–Trinajstić information content (AvgIpc) is 2.58. The van der Waals surface area contributed by atoms with Gasteiger partial charge in [0.1, 0.15) is 6.04 Å². The SMILES string of the molecule is CCc1ccccc1NC(=O)CC1Nc2cc(C)c(C)cc2NC1=O. The molecule has 0 bridgehead atoms. The van der Waals surface area contributed by atoms with Crippen molar-refractivity contribution >= 4 is 28.9 Å². The minimum atomic E-state index is -0.580. The number of benzene rings is 2. The van der Waals surface area contributed by atoms with Gasteiger partial charge in [-0.1, -0.05) is 25.1 Å². The van der Waals surface area contributed by atoms with Crippen molar-refractivity contribution in [3.8, 4) is 0 Å². The molecule has 3 N–H and O–H groups in total. The number of rotatable bonds is 4. The van der Waals surface area contributed by atoms with Crippen molar-refractivity contribution in [3.05, 3.63) is 53.1 Å². The van der Waals surface area contributed by atoms with E-state index in [9.17, 15) is 9.59 Å². The third-order valence-corrected chi connectivity index (χ3v) is 4.60. The smallest absolute Gasteiger partial charge is 0.247 e. The monoisotopic (exact) mass is 337 g/mol.